The molecule has 0 spiro atoms. The van der Waals surface area contributed by atoms with Gasteiger partial charge in [0.25, 0.3) is 0 Å². The number of hydrogen-bond acceptors (Lipinski definition) is 3. The maximum atomic E-state index is 12.4. The summed E-state index contributed by atoms with van der Waals surface area (Å²) in [6, 6.07) is 0. The van der Waals surface area contributed by atoms with Gasteiger partial charge in [0.1, 0.15) is 0 Å². The van der Waals surface area contributed by atoms with Gasteiger partial charge in [-0.25, -0.2) is 0 Å². The molecule has 1 fully saturated rings. The maximum absolute atomic E-state index is 12.4. The topological polar surface area (TPSA) is 77.0 Å². The predicted octanol–water partition coefficient (Wildman–Crippen LogP) is 3.14. The minimum Gasteiger partial charge on any atom is -0.388 e. The third-order valence-electron chi connectivity index (χ3n) is 4.95. The number of piperidine rings is 1. The lowest BCUT2D eigenvalue weighted by molar-refractivity contribution is -0.132. The smallest absolute Gasteiger partial charge is 0.224 e. The average Bonchev–Trinajstić information content (AvgIpc) is 2.60. The Kier molecular flexibility index (Phi) is 14.1. The summed E-state index contributed by atoms with van der Waals surface area (Å²) in [4.78, 5) is 18.9. The van der Waals surface area contributed by atoms with Crippen LogP contribution in [0.2, 0.25) is 0 Å². The van der Waals surface area contributed by atoms with E-state index in [-0.39, 0.29) is 29.9 Å². The number of carbonyl (C=O) groups excluding carboxylic acids is 1. The highest BCUT2D eigenvalue weighted by Gasteiger charge is 2.24. The van der Waals surface area contributed by atoms with Crippen molar-refractivity contribution in [3.05, 3.63) is 0 Å². The minimum atomic E-state index is -0.731. The molecular formula is C20H41IN4O2. The zero-order chi connectivity index (χ0) is 19.4. The van der Waals surface area contributed by atoms with Crippen LogP contribution in [-0.4, -0.2) is 60.2 Å². The number of rotatable bonds is 10. The van der Waals surface area contributed by atoms with Gasteiger partial charge in [-0.2, -0.15) is 0 Å². The molecule has 1 aliphatic heterocycles. The van der Waals surface area contributed by atoms with E-state index in [2.05, 4.69) is 36.4 Å². The van der Waals surface area contributed by atoms with Gasteiger partial charge in [0.05, 0.1) is 12.1 Å². The van der Waals surface area contributed by atoms with Crippen molar-refractivity contribution in [2.24, 2.45) is 10.9 Å². The largest absolute Gasteiger partial charge is 0.388 e. The Morgan fingerprint density at radius 1 is 1.22 bits per heavy atom. The van der Waals surface area contributed by atoms with Crippen molar-refractivity contribution in [3.63, 3.8) is 0 Å². The fourth-order valence-electron chi connectivity index (χ4n) is 3.64. The van der Waals surface area contributed by atoms with Gasteiger partial charge < -0.3 is 20.6 Å². The molecule has 27 heavy (non-hydrogen) atoms. The summed E-state index contributed by atoms with van der Waals surface area (Å²) in [7, 11) is 0. The van der Waals surface area contributed by atoms with Crippen molar-refractivity contribution in [1.29, 1.82) is 0 Å². The molecule has 0 aromatic carbocycles. The second kappa shape index (κ2) is 14.4. The number of halogens is 1. The van der Waals surface area contributed by atoms with Crippen LogP contribution in [-0.2, 0) is 4.79 Å². The molecule has 6 nitrogen and oxygen atoms in total. The van der Waals surface area contributed by atoms with Crippen LogP contribution < -0.4 is 10.6 Å². The van der Waals surface area contributed by atoms with E-state index < -0.39 is 5.60 Å². The molecule has 160 valence electrons. The molecule has 0 radical (unpaired) electrons. The summed E-state index contributed by atoms with van der Waals surface area (Å²) in [5, 5.41) is 17.2. The first-order valence-electron chi connectivity index (χ1n) is 10.5. The van der Waals surface area contributed by atoms with Gasteiger partial charge in [0.2, 0.25) is 5.91 Å². The number of hydrogen-bond donors (Lipinski definition) is 3. The highest BCUT2D eigenvalue weighted by Crippen LogP contribution is 2.20. The van der Waals surface area contributed by atoms with Crippen LogP contribution in [0.5, 0.6) is 0 Å². The molecule has 1 heterocycles. The van der Waals surface area contributed by atoms with E-state index in [0.29, 0.717) is 31.4 Å². The SMILES string of the molecule is CCCC(O)(CCC)CN=C(NCC)NCCC(=O)N1CCCC(C)C1.I. The summed E-state index contributed by atoms with van der Waals surface area (Å²) in [5.41, 5.74) is -0.731. The van der Waals surface area contributed by atoms with Crippen molar-refractivity contribution < 1.29 is 9.90 Å². The molecule has 7 heteroatoms. The highest BCUT2D eigenvalue weighted by molar-refractivity contribution is 14.0. The summed E-state index contributed by atoms with van der Waals surface area (Å²) in [6.45, 7) is 11.9. The first kappa shape index (κ1) is 26.4. The molecular weight excluding hydrogens is 455 g/mol. The van der Waals surface area contributed by atoms with Gasteiger partial charge in [-0.3, -0.25) is 9.79 Å². The van der Waals surface area contributed by atoms with Crippen molar-refractivity contribution >= 4 is 35.8 Å². The molecule has 1 rings (SSSR count). The standard InChI is InChI=1S/C20H40N4O2.HI/c1-5-11-20(26,12-6-2)16-23-19(21-7-3)22-13-10-18(25)24-14-8-9-17(4)15-24;/h17,26H,5-16H2,1-4H3,(H2,21,22,23);1H. The van der Waals surface area contributed by atoms with E-state index in [4.69, 9.17) is 0 Å². The molecule has 0 aromatic heterocycles. The third kappa shape index (κ3) is 10.5. The number of nitrogens with one attached hydrogen (secondary N) is 2. The van der Waals surface area contributed by atoms with Crippen LogP contribution in [0.15, 0.2) is 4.99 Å². The maximum Gasteiger partial charge on any atom is 0.224 e. The Morgan fingerprint density at radius 2 is 1.89 bits per heavy atom. The van der Waals surface area contributed by atoms with Crippen molar-refractivity contribution in [1.82, 2.24) is 15.5 Å². The number of carbonyl (C=O) groups is 1. The van der Waals surface area contributed by atoms with Crippen LogP contribution in [0.25, 0.3) is 0 Å². The van der Waals surface area contributed by atoms with Gasteiger partial charge in [-0.1, -0.05) is 33.6 Å². The van der Waals surface area contributed by atoms with E-state index in [1.165, 1.54) is 6.42 Å². The Labute approximate surface area is 183 Å². The average molecular weight is 496 g/mol. The van der Waals surface area contributed by atoms with Gasteiger partial charge >= 0.3 is 0 Å². The number of nitrogens with zero attached hydrogens (tertiary/aromatic N) is 2. The highest BCUT2D eigenvalue weighted by atomic mass is 127. The normalized spacial score (nSPS) is 18.0. The Balaban J connectivity index is 0.00000676. The summed E-state index contributed by atoms with van der Waals surface area (Å²) in [5.74, 6) is 1.50. The molecule has 0 aliphatic carbocycles. The van der Waals surface area contributed by atoms with Gasteiger partial charge in [-0.05, 0) is 38.5 Å². The number of amides is 1. The molecule has 1 aliphatic rings. The monoisotopic (exact) mass is 496 g/mol. The van der Waals surface area contributed by atoms with Gasteiger partial charge in [0.15, 0.2) is 5.96 Å². The van der Waals surface area contributed by atoms with Crippen molar-refractivity contribution in [2.75, 3.05) is 32.7 Å². The Morgan fingerprint density at radius 3 is 2.44 bits per heavy atom. The van der Waals surface area contributed by atoms with E-state index in [9.17, 15) is 9.90 Å². The zero-order valence-corrected chi connectivity index (χ0v) is 20.1. The van der Waals surface area contributed by atoms with Crippen molar-refractivity contribution in [2.45, 2.75) is 78.2 Å². The minimum absolute atomic E-state index is 0. The van der Waals surface area contributed by atoms with E-state index in [0.717, 1.165) is 51.7 Å². The molecule has 3 N–H and O–H groups in total. The molecule has 0 saturated carbocycles. The van der Waals surface area contributed by atoms with Crippen LogP contribution in [0.1, 0.15) is 72.6 Å². The van der Waals surface area contributed by atoms with Crippen molar-refractivity contribution in [3.8, 4) is 0 Å². The lowest BCUT2D eigenvalue weighted by Gasteiger charge is -2.31. The lowest BCUT2D eigenvalue weighted by Crippen LogP contribution is -2.43. The first-order chi connectivity index (χ1) is 12.4. The number of aliphatic hydroxyl groups is 1. The third-order valence-corrected chi connectivity index (χ3v) is 4.95. The van der Waals surface area contributed by atoms with Crippen LogP contribution in [0, 0.1) is 5.92 Å². The molecule has 0 aromatic rings. The van der Waals surface area contributed by atoms with Crippen LogP contribution in [0.4, 0.5) is 0 Å². The molecule has 1 saturated heterocycles. The quantitative estimate of drug-likeness (QED) is 0.247. The molecule has 1 amide bonds. The zero-order valence-electron chi connectivity index (χ0n) is 17.7. The number of guanidine groups is 1. The molecule has 0 bridgehead atoms. The van der Waals surface area contributed by atoms with Crippen LogP contribution in [0.3, 0.4) is 0 Å². The lowest BCUT2D eigenvalue weighted by atomic mass is 9.93. The fourth-order valence-corrected chi connectivity index (χ4v) is 3.64. The van der Waals surface area contributed by atoms with E-state index in [1.54, 1.807) is 0 Å². The summed E-state index contributed by atoms with van der Waals surface area (Å²) >= 11 is 0. The second-order valence-corrected chi connectivity index (χ2v) is 7.68. The van der Waals surface area contributed by atoms with E-state index >= 15 is 0 Å². The van der Waals surface area contributed by atoms with Gasteiger partial charge in [0, 0.05) is 32.6 Å². The second-order valence-electron chi connectivity index (χ2n) is 7.68. The summed E-state index contributed by atoms with van der Waals surface area (Å²) < 4.78 is 0. The molecule has 1 unspecified atom stereocenters. The van der Waals surface area contributed by atoms with Gasteiger partial charge in [-0.15, -0.1) is 24.0 Å². The predicted molar refractivity (Wildman–Crippen MR) is 124 cm³/mol. The Bertz CT molecular complexity index is 440. The van der Waals surface area contributed by atoms with Crippen LogP contribution >= 0.6 is 24.0 Å². The first-order valence-corrected chi connectivity index (χ1v) is 10.5. The Hall–Kier alpha value is -0.570. The number of likely N-dealkylation sites (tertiary alicyclic amines) is 1. The fraction of sp³-hybridized carbons (Fsp3) is 0.900. The van der Waals surface area contributed by atoms with E-state index in [1.807, 2.05) is 11.8 Å². The summed E-state index contributed by atoms with van der Waals surface area (Å²) in [6.07, 6.45) is 6.21. The number of aliphatic imine (C=N–C) groups is 1. The molecule has 1 atom stereocenters.